The largest absolute Gasteiger partial charge is 0.573 e. The second kappa shape index (κ2) is 8.13. The first-order valence-corrected chi connectivity index (χ1v) is 8.29. The smallest absolute Gasteiger partial charge is 0.405 e. The molecule has 12 heteroatoms. The summed E-state index contributed by atoms with van der Waals surface area (Å²) < 4.78 is 83.8. The molecule has 0 bridgehead atoms. The van der Waals surface area contributed by atoms with E-state index < -0.39 is 40.5 Å². The van der Waals surface area contributed by atoms with Crippen LogP contribution < -0.4 is 9.47 Å². The molecular formula is C19H10F6N2O4. The third-order valence-corrected chi connectivity index (χ3v) is 3.86. The zero-order chi connectivity index (χ0) is 22.8. The van der Waals surface area contributed by atoms with Crippen LogP contribution in [0.25, 0.3) is 22.4 Å². The highest BCUT2D eigenvalue weighted by Crippen LogP contribution is 2.40. The van der Waals surface area contributed by atoms with Crippen molar-refractivity contribution in [1.29, 1.82) is 0 Å². The van der Waals surface area contributed by atoms with E-state index in [2.05, 4.69) is 14.5 Å². The quantitative estimate of drug-likeness (QED) is 0.269. The average Bonchev–Trinajstić information content (AvgIpc) is 2.66. The summed E-state index contributed by atoms with van der Waals surface area (Å²) in [6.45, 7) is 0. The molecule has 0 amide bonds. The summed E-state index contributed by atoms with van der Waals surface area (Å²) in [5.74, 6) is -1.35. The lowest BCUT2D eigenvalue weighted by Crippen LogP contribution is -2.18. The molecule has 0 radical (unpaired) electrons. The molecule has 3 rings (SSSR count). The van der Waals surface area contributed by atoms with Crippen molar-refractivity contribution in [2.24, 2.45) is 0 Å². The maximum absolute atomic E-state index is 12.7. The predicted molar refractivity (Wildman–Crippen MR) is 95.1 cm³/mol. The normalized spacial score (nSPS) is 11.8. The Balaban J connectivity index is 2.13. The zero-order valence-corrected chi connectivity index (χ0v) is 15.1. The number of ether oxygens (including phenoxy) is 2. The molecule has 0 atom stereocenters. The average molecular weight is 444 g/mol. The molecule has 0 aliphatic heterocycles. The molecule has 6 nitrogen and oxygen atoms in total. The SMILES string of the molecule is O=[N+]([O-])c1cc(-c2ccccc2OC(F)(F)F)cnc1-c1ccccc1OC(F)(F)F. The van der Waals surface area contributed by atoms with Crippen molar-refractivity contribution in [3.63, 3.8) is 0 Å². The third kappa shape index (κ3) is 5.41. The fraction of sp³-hybridized carbons (Fsp3) is 0.105. The van der Waals surface area contributed by atoms with Crippen LogP contribution in [0.3, 0.4) is 0 Å². The second-order valence-corrected chi connectivity index (χ2v) is 5.94. The lowest BCUT2D eigenvalue weighted by atomic mass is 10.0. The molecule has 2 aromatic carbocycles. The monoisotopic (exact) mass is 444 g/mol. The zero-order valence-electron chi connectivity index (χ0n) is 15.1. The van der Waals surface area contributed by atoms with Gasteiger partial charge in [0.1, 0.15) is 11.5 Å². The van der Waals surface area contributed by atoms with Crippen molar-refractivity contribution in [3.05, 3.63) is 70.9 Å². The lowest BCUT2D eigenvalue weighted by Gasteiger charge is -2.15. The highest BCUT2D eigenvalue weighted by atomic mass is 19.4. The van der Waals surface area contributed by atoms with Crippen LogP contribution >= 0.6 is 0 Å². The van der Waals surface area contributed by atoms with Gasteiger partial charge in [-0.3, -0.25) is 10.1 Å². The van der Waals surface area contributed by atoms with E-state index in [9.17, 15) is 36.5 Å². The van der Waals surface area contributed by atoms with Crippen LogP contribution in [0, 0.1) is 10.1 Å². The Kier molecular flexibility index (Phi) is 5.73. The van der Waals surface area contributed by atoms with Gasteiger partial charge in [0.2, 0.25) is 0 Å². The number of rotatable bonds is 5. The van der Waals surface area contributed by atoms with Crippen molar-refractivity contribution in [3.8, 4) is 33.9 Å². The van der Waals surface area contributed by atoms with Gasteiger partial charge in [0.25, 0.3) is 5.69 Å². The van der Waals surface area contributed by atoms with Crippen LogP contribution in [-0.2, 0) is 0 Å². The molecular weight excluding hydrogens is 434 g/mol. The van der Waals surface area contributed by atoms with E-state index in [1.807, 2.05) is 0 Å². The number of benzene rings is 2. The molecule has 0 unspecified atom stereocenters. The first-order valence-electron chi connectivity index (χ1n) is 8.29. The van der Waals surface area contributed by atoms with Crippen LogP contribution in [0.5, 0.6) is 11.5 Å². The Morgan fingerprint density at radius 2 is 1.29 bits per heavy atom. The molecule has 3 aromatic rings. The van der Waals surface area contributed by atoms with E-state index in [-0.39, 0.29) is 16.7 Å². The number of para-hydroxylation sites is 2. The van der Waals surface area contributed by atoms with Crippen molar-refractivity contribution in [2.75, 3.05) is 0 Å². The molecule has 0 saturated heterocycles. The van der Waals surface area contributed by atoms with E-state index in [1.165, 1.54) is 30.3 Å². The number of hydrogen-bond acceptors (Lipinski definition) is 5. The van der Waals surface area contributed by atoms with Crippen molar-refractivity contribution in [2.45, 2.75) is 12.7 Å². The summed E-state index contributed by atoms with van der Waals surface area (Å²) in [5, 5.41) is 11.6. The molecule has 0 N–H and O–H groups in total. The van der Waals surface area contributed by atoms with Gasteiger partial charge >= 0.3 is 12.7 Å². The summed E-state index contributed by atoms with van der Waals surface area (Å²) >= 11 is 0. The summed E-state index contributed by atoms with van der Waals surface area (Å²) in [7, 11) is 0. The fourth-order valence-electron chi connectivity index (χ4n) is 2.74. The van der Waals surface area contributed by atoms with E-state index in [0.717, 1.165) is 30.5 Å². The molecule has 1 aromatic heterocycles. The van der Waals surface area contributed by atoms with Crippen LogP contribution in [0.15, 0.2) is 60.8 Å². The minimum atomic E-state index is -5.06. The Hall–Kier alpha value is -3.83. The number of hydrogen-bond donors (Lipinski definition) is 0. The predicted octanol–water partition coefficient (Wildman–Crippen LogP) is 6.12. The molecule has 162 valence electrons. The molecule has 1 heterocycles. The van der Waals surface area contributed by atoms with Crippen molar-refractivity contribution < 1.29 is 40.7 Å². The van der Waals surface area contributed by atoms with Crippen molar-refractivity contribution >= 4 is 5.69 Å². The molecule has 0 saturated carbocycles. The molecule has 0 aliphatic rings. The van der Waals surface area contributed by atoms with Gasteiger partial charge in [0.05, 0.1) is 4.92 Å². The number of aromatic nitrogens is 1. The Labute approximate surface area is 169 Å². The standard InChI is InChI=1S/C19H10F6N2O4/c20-18(21,22)30-15-7-3-1-5-12(15)11-9-14(27(28)29)17(26-10-11)13-6-2-4-8-16(13)31-19(23,24)25/h1-10H. The number of alkyl halides is 6. The molecule has 0 spiro atoms. The Morgan fingerprint density at radius 3 is 1.81 bits per heavy atom. The maximum atomic E-state index is 12.7. The number of nitro groups is 1. The highest BCUT2D eigenvalue weighted by Gasteiger charge is 2.34. The van der Waals surface area contributed by atoms with E-state index in [4.69, 9.17) is 0 Å². The summed E-state index contributed by atoms with van der Waals surface area (Å²) in [6.07, 6.45) is -9.08. The molecule has 0 fully saturated rings. The van der Waals surface area contributed by atoms with Crippen LogP contribution in [0.4, 0.5) is 32.0 Å². The Bertz CT molecular complexity index is 1120. The van der Waals surface area contributed by atoms with E-state index in [1.54, 1.807) is 0 Å². The maximum Gasteiger partial charge on any atom is 0.573 e. The van der Waals surface area contributed by atoms with Gasteiger partial charge in [-0.05, 0) is 18.2 Å². The second-order valence-electron chi connectivity index (χ2n) is 5.94. The van der Waals surface area contributed by atoms with E-state index >= 15 is 0 Å². The first kappa shape index (κ1) is 21.9. The van der Waals surface area contributed by atoms with Gasteiger partial charge < -0.3 is 9.47 Å². The first-order chi connectivity index (χ1) is 14.4. The number of nitrogens with zero attached hydrogens (tertiary/aromatic N) is 2. The number of pyridine rings is 1. The highest BCUT2D eigenvalue weighted by molar-refractivity contribution is 5.80. The van der Waals surface area contributed by atoms with Gasteiger partial charge in [-0.25, -0.2) is 4.98 Å². The fourth-order valence-corrected chi connectivity index (χ4v) is 2.74. The molecule has 31 heavy (non-hydrogen) atoms. The van der Waals surface area contributed by atoms with Gasteiger partial charge in [-0.1, -0.05) is 30.3 Å². The van der Waals surface area contributed by atoms with Crippen LogP contribution in [0.1, 0.15) is 0 Å². The Morgan fingerprint density at radius 1 is 0.806 bits per heavy atom. The van der Waals surface area contributed by atoms with Gasteiger partial charge in [0, 0.05) is 29.0 Å². The van der Waals surface area contributed by atoms with Crippen molar-refractivity contribution in [1.82, 2.24) is 4.98 Å². The van der Waals surface area contributed by atoms with Crippen LogP contribution in [-0.4, -0.2) is 22.6 Å². The summed E-state index contributed by atoms with van der Waals surface area (Å²) in [6, 6.07) is 10.4. The number of halogens is 6. The van der Waals surface area contributed by atoms with Gasteiger partial charge in [-0.15, -0.1) is 26.3 Å². The summed E-state index contributed by atoms with van der Waals surface area (Å²) in [4.78, 5) is 14.5. The minimum absolute atomic E-state index is 0.107. The summed E-state index contributed by atoms with van der Waals surface area (Å²) in [5.41, 5.74) is -1.77. The third-order valence-electron chi connectivity index (χ3n) is 3.86. The van der Waals surface area contributed by atoms with E-state index in [0.29, 0.717) is 0 Å². The van der Waals surface area contributed by atoms with Gasteiger partial charge in [0.15, 0.2) is 5.69 Å². The minimum Gasteiger partial charge on any atom is -0.405 e. The lowest BCUT2D eigenvalue weighted by molar-refractivity contribution is -0.384. The van der Waals surface area contributed by atoms with Crippen LogP contribution in [0.2, 0.25) is 0 Å². The topological polar surface area (TPSA) is 74.5 Å². The molecule has 0 aliphatic carbocycles. The van der Waals surface area contributed by atoms with Gasteiger partial charge in [-0.2, -0.15) is 0 Å².